The zero-order valence-corrected chi connectivity index (χ0v) is 12.5. The molecule has 0 saturated heterocycles. The molecule has 2 aromatic rings. The largest absolute Gasteiger partial charge is 0.333 e. The molecule has 20 heavy (non-hydrogen) atoms. The van der Waals surface area contributed by atoms with Gasteiger partial charge in [-0.2, -0.15) is 0 Å². The highest BCUT2D eigenvalue weighted by atomic mass is 35.5. The molecule has 0 N–H and O–H groups in total. The van der Waals surface area contributed by atoms with Gasteiger partial charge in [-0.25, -0.2) is 4.98 Å². The fourth-order valence-electron chi connectivity index (χ4n) is 2.19. The van der Waals surface area contributed by atoms with E-state index in [4.69, 9.17) is 11.6 Å². The molecule has 0 spiro atoms. The highest BCUT2D eigenvalue weighted by molar-refractivity contribution is 7.09. The predicted octanol–water partition coefficient (Wildman–Crippen LogP) is 3.53. The van der Waals surface area contributed by atoms with Gasteiger partial charge in [0.1, 0.15) is 5.01 Å². The minimum absolute atomic E-state index is 0.135. The number of carbonyl (C=O) groups is 1. The Bertz CT molecular complexity index is 596. The average Bonchev–Trinajstić information content (AvgIpc) is 3.15. The van der Waals surface area contributed by atoms with Crippen molar-refractivity contribution in [1.82, 2.24) is 9.88 Å². The van der Waals surface area contributed by atoms with E-state index in [1.54, 1.807) is 17.5 Å². The summed E-state index contributed by atoms with van der Waals surface area (Å²) in [6.07, 6.45) is 4.34. The fourth-order valence-corrected chi connectivity index (χ4v) is 3.01. The van der Waals surface area contributed by atoms with Crippen LogP contribution in [0.2, 0.25) is 5.02 Å². The van der Waals surface area contributed by atoms with Crippen LogP contribution in [-0.2, 0) is 17.8 Å². The summed E-state index contributed by atoms with van der Waals surface area (Å²) in [5, 5.41) is 3.59. The summed E-state index contributed by atoms with van der Waals surface area (Å²) in [4.78, 5) is 18.7. The number of halogens is 1. The maximum atomic E-state index is 12.5. The van der Waals surface area contributed by atoms with Crippen molar-refractivity contribution < 1.29 is 4.79 Å². The van der Waals surface area contributed by atoms with Crippen molar-refractivity contribution in [2.24, 2.45) is 0 Å². The molecular weight excluding hydrogens is 292 g/mol. The van der Waals surface area contributed by atoms with Gasteiger partial charge in [-0.3, -0.25) is 4.79 Å². The molecule has 1 aliphatic rings. The lowest BCUT2D eigenvalue weighted by molar-refractivity contribution is -0.131. The number of hydrogen-bond acceptors (Lipinski definition) is 3. The zero-order chi connectivity index (χ0) is 13.9. The molecule has 0 atom stereocenters. The molecule has 1 fully saturated rings. The first kappa shape index (κ1) is 13.6. The highest BCUT2D eigenvalue weighted by Crippen LogP contribution is 2.30. The Balaban J connectivity index is 1.71. The molecular formula is C15H15ClN2OS. The van der Waals surface area contributed by atoms with Crippen molar-refractivity contribution in [1.29, 1.82) is 0 Å². The number of thiazole rings is 1. The van der Waals surface area contributed by atoms with Crippen LogP contribution in [0.1, 0.15) is 23.4 Å². The Kier molecular flexibility index (Phi) is 4.03. The van der Waals surface area contributed by atoms with Crippen molar-refractivity contribution in [2.45, 2.75) is 31.8 Å². The molecule has 1 heterocycles. The molecule has 1 aromatic carbocycles. The van der Waals surface area contributed by atoms with Gasteiger partial charge >= 0.3 is 0 Å². The second-order valence-electron chi connectivity index (χ2n) is 4.95. The molecule has 0 unspecified atom stereocenters. The van der Waals surface area contributed by atoms with Gasteiger partial charge in [0.2, 0.25) is 5.91 Å². The molecule has 3 rings (SSSR count). The lowest BCUT2D eigenvalue weighted by atomic mass is 10.1. The second-order valence-corrected chi connectivity index (χ2v) is 6.33. The van der Waals surface area contributed by atoms with E-state index in [-0.39, 0.29) is 5.91 Å². The number of benzene rings is 1. The van der Waals surface area contributed by atoms with Crippen molar-refractivity contribution >= 4 is 28.8 Å². The SMILES string of the molecule is O=C(Cc1ccccc1Cl)N(Cc1nccs1)C1CC1. The molecule has 3 nitrogen and oxygen atoms in total. The lowest BCUT2D eigenvalue weighted by Crippen LogP contribution is -2.33. The minimum atomic E-state index is 0.135. The number of aromatic nitrogens is 1. The third-order valence-corrected chi connectivity index (χ3v) is 4.53. The first-order valence-electron chi connectivity index (χ1n) is 6.65. The van der Waals surface area contributed by atoms with Crippen molar-refractivity contribution in [3.63, 3.8) is 0 Å². The van der Waals surface area contributed by atoms with Crippen LogP contribution in [0.15, 0.2) is 35.8 Å². The Morgan fingerprint density at radius 3 is 2.85 bits per heavy atom. The summed E-state index contributed by atoms with van der Waals surface area (Å²) in [5.74, 6) is 0.135. The van der Waals surface area contributed by atoms with Crippen molar-refractivity contribution in [3.8, 4) is 0 Å². The molecule has 0 bridgehead atoms. The van der Waals surface area contributed by atoms with E-state index in [1.165, 1.54) is 0 Å². The molecule has 0 aliphatic heterocycles. The molecule has 1 amide bonds. The molecule has 5 heteroatoms. The Morgan fingerprint density at radius 1 is 1.40 bits per heavy atom. The molecule has 0 radical (unpaired) electrons. The minimum Gasteiger partial charge on any atom is -0.333 e. The Morgan fingerprint density at radius 2 is 2.20 bits per heavy atom. The number of carbonyl (C=O) groups excluding carboxylic acids is 1. The number of hydrogen-bond donors (Lipinski definition) is 0. The third-order valence-electron chi connectivity index (χ3n) is 3.40. The monoisotopic (exact) mass is 306 g/mol. The van der Waals surface area contributed by atoms with Crippen LogP contribution in [0.25, 0.3) is 0 Å². The van der Waals surface area contributed by atoms with E-state index in [1.807, 2.05) is 34.5 Å². The lowest BCUT2D eigenvalue weighted by Gasteiger charge is -2.21. The van der Waals surface area contributed by atoms with Crippen LogP contribution in [0.4, 0.5) is 0 Å². The number of nitrogens with zero attached hydrogens (tertiary/aromatic N) is 2. The Hall–Kier alpha value is -1.39. The van der Waals surface area contributed by atoms with E-state index in [0.717, 1.165) is 23.4 Å². The topological polar surface area (TPSA) is 33.2 Å². The first-order valence-corrected chi connectivity index (χ1v) is 7.91. The average molecular weight is 307 g/mol. The standard InChI is InChI=1S/C15H15ClN2OS/c16-13-4-2-1-3-11(13)9-15(19)18(12-5-6-12)10-14-17-7-8-20-14/h1-4,7-8,12H,5-6,9-10H2. The maximum absolute atomic E-state index is 12.5. The van der Waals surface area contributed by atoms with Gasteiger partial charge in [0.05, 0.1) is 13.0 Å². The van der Waals surface area contributed by atoms with Gasteiger partial charge in [0.25, 0.3) is 0 Å². The van der Waals surface area contributed by atoms with Gasteiger partial charge in [0.15, 0.2) is 0 Å². The van der Waals surface area contributed by atoms with E-state index in [0.29, 0.717) is 24.0 Å². The summed E-state index contributed by atoms with van der Waals surface area (Å²) in [5.41, 5.74) is 0.893. The summed E-state index contributed by atoms with van der Waals surface area (Å²) >= 11 is 7.72. The summed E-state index contributed by atoms with van der Waals surface area (Å²) in [6, 6.07) is 7.91. The third kappa shape index (κ3) is 3.19. The Labute approximate surface area is 127 Å². The fraction of sp³-hybridized carbons (Fsp3) is 0.333. The highest BCUT2D eigenvalue weighted by Gasteiger charge is 2.33. The van der Waals surface area contributed by atoms with Crippen molar-refractivity contribution in [2.75, 3.05) is 0 Å². The number of amides is 1. The van der Waals surface area contributed by atoms with Crippen molar-refractivity contribution in [3.05, 3.63) is 51.4 Å². The van der Waals surface area contributed by atoms with Crippen LogP contribution in [-0.4, -0.2) is 21.8 Å². The van der Waals surface area contributed by atoms with Crippen LogP contribution in [0.3, 0.4) is 0 Å². The van der Waals surface area contributed by atoms with E-state index in [2.05, 4.69) is 4.98 Å². The number of rotatable bonds is 5. The maximum Gasteiger partial charge on any atom is 0.227 e. The normalized spacial score (nSPS) is 14.2. The van der Waals surface area contributed by atoms with Gasteiger partial charge in [0, 0.05) is 22.6 Å². The van der Waals surface area contributed by atoms with Gasteiger partial charge in [-0.15, -0.1) is 11.3 Å². The van der Waals surface area contributed by atoms with Gasteiger partial charge < -0.3 is 4.90 Å². The van der Waals surface area contributed by atoms with E-state index in [9.17, 15) is 4.79 Å². The smallest absolute Gasteiger partial charge is 0.227 e. The molecule has 104 valence electrons. The summed E-state index contributed by atoms with van der Waals surface area (Å²) in [6.45, 7) is 0.617. The predicted molar refractivity (Wildman–Crippen MR) is 80.8 cm³/mol. The second kappa shape index (κ2) is 5.94. The van der Waals surface area contributed by atoms with Gasteiger partial charge in [-0.1, -0.05) is 29.8 Å². The quantitative estimate of drug-likeness (QED) is 0.846. The molecule has 1 aromatic heterocycles. The van der Waals surface area contributed by atoms with Crippen LogP contribution >= 0.6 is 22.9 Å². The van der Waals surface area contributed by atoms with E-state index < -0.39 is 0 Å². The van der Waals surface area contributed by atoms with E-state index >= 15 is 0 Å². The summed E-state index contributed by atoms with van der Waals surface area (Å²) in [7, 11) is 0. The molecule has 1 aliphatic carbocycles. The van der Waals surface area contributed by atoms with Crippen LogP contribution < -0.4 is 0 Å². The van der Waals surface area contributed by atoms with Crippen LogP contribution in [0, 0.1) is 0 Å². The van der Waals surface area contributed by atoms with Gasteiger partial charge in [-0.05, 0) is 24.5 Å². The molecule has 1 saturated carbocycles. The zero-order valence-electron chi connectivity index (χ0n) is 11.0. The first-order chi connectivity index (χ1) is 9.74. The van der Waals surface area contributed by atoms with Crippen LogP contribution in [0.5, 0.6) is 0 Å². The summed E-state index contributed by atoms with van der Waals surface area (Å²) < 4.78 is 0.